The van der Waals surface area contributed by atoms with E-state index in [0.29, 0.717) is 11.1 Å². The van der Waals surface area contributed by atoms with Crippen LogP contribution in [0.2, 0.25) is 0 Å². The maximum atomic E-state index is 13.1. The lowest BCUT2D eigenvalue weighted by atomic mass is 10.1. The molecule has 2 aliphatic heterocycles. The molecule has 1 aromatic carbocycles. The van der Waals surface area contributed by atoms with Crippen molar-refractivity contribution in [2.75, 3.05) is 11.4 Å². The summed E-state index contributed by atoms with van der Waals surface area (Å²) in [4.78, 5) is 14.9. The molecule has 6 heteroatoms. The Kier molecular flexibility index (Phi) is 3.75. The van der Waals surface area contributed by atoms with E-state index in [-0.39, 0.29) is 11.9 Å². The van der Waals surface area contributed by atoms with E-state index in [1.165, 1.54) is 0 Å². The Balaban J connectivity index is 1.66. The zero-order valence-corrected chi connectivity index (χ0v) is 14.5. The summed E-state index contributed by atoms with van der Waals surface area (Å²) in [6.07, 6.45) is 7.65. The van der Waals surface area contributed by atoms with Crippen LogP contribution < -0.4 is 10.3 Å². The zero-order chi connectivity index (χ0) is 16.7. The zero-order valence-electron chi connectivity index (χ0n) is 12.9. The lowest BCUT2D eigenvalue weighted by molar-refractivity contribution is -0.115. The lowest BCUT2D eigenvalue weighted by Crippen LogP contribution is -2.35. The number of amides is 1. The number of carbonyl (C=O) groups excluding carboxylic acids is 1. The van der Waals surface area contributed by atoms with E-state index in [2.05, 4.69) is 27.4 Å². The molecule has 3 aliphatic rings. The van der Waals surface area contributed by atoms with Crippen LogP contribution in [0.15, 0.2) is 58.4 Å². The van der Waals surface area contributed by atoms with Crippen LogP contribution in [0.3, 0.4) is 0 Å². The van der Waals surface area contributed by atoms with Crippen molar-refractivity contribution in [3.05, 3.63) is 63.9 Å². The average molecular weight is 383 g/mol. The number of nitriles is 1. The van der Waals surface area contributed by atoms with Crippen LogP contribution in [-0.4, -0.2) is 23.5 Å². The van der Waals surface area contributed by atoms with E-state index in [4.69, 9.17) is 5.26 Å². The molecule has 0 radical (unpaired) electrons. The van der Waals surface area contributed by atoms with Gasteiger partial charge in [-0.05, 0) is 49.3 Å². The number of nitrogens with one attached hydrogen (secondary N) is 1. The third-order valence-corrected chi connectivity index (χ3v) is 4.98. The van der Waals surface area contributed by atoms with Gasteiger partial charge < -0.3 is 4.90 Å². The third-order valence-electron chi connectivity index (χ3n) is 4.29. The van der Waals surface area contributed by atoms with E-state index in [9.17, 15) is 4.79 Å². The molecule has 1 aliphatic carbocycles. The minimum Gasteiger partial charge on any atom is -0.305 e. The molecule has 1 aromatic rings. The Hall–Kier alpha value is -2.36. The summed E-state index contributed by atoms with van der Waals surface area (Å²) in [5, 5.41) is 10.9. The Bertz CT molecular complexity index is 828. The predicted octanol–water partition coefficient (Wildman–Crippen LogP) is 2.93. The van der Waals surface area contributed by atoms with Crippen molar-refractivity contribution < 1.29 is 4.79 Å². The number of hydrogen-bond donors (Lipinski definition) is 1. The summed E-state index contributed by atoms with van der Waals surface area (Å²) < 4.78 is 1.04. The summed E-state index contributed by atoms with van der Waals surface area (Å²) in [5.74, 6) is -0.00203. The number of nitrogens with zero attached hydrogens (tertiary/aromatic N) is 3. The second-order valence-electron chi connectivity index (χ2n) is 5.98. The van der Waals surface area contributed by atoms with E-state index in [1.54, 1.807) is 12.1 Å². The molecule has 0 unspecified atom stereocenters. The summed E-state index contributed by atoms with van der Waals surface area (Å²) in [6.45, 7) is 0.722. The molecule has 1 N–H and O–H groups in total. The summed E-state index contributed by atoms with van der Waals surface area (Å²) in [5.41, 5.74) is 6.28. The van der Waals surface area contributed by atoms with Crippen LogP contribution in [0.25, 0.3) is 0 Å². The molecule has 120 valence electrons. The van der Waals surface area contributed by atoms with Crippen molar-refractivity contribution in [3.8, 4) is 6.07 Å². The molecule has 0 bridgehead atoms. The van der Waals surface area contributed by atoms with Crippen LogP contribution in [-0.2, 0) is 4.79 Å². The second kappa shape index (κ2) is 5.93. The Morgan fingerprint density at radius 2 is 2.08 bits per heavy atom. The summed E-state index contributed by atoms with van der Waals surface area (Å²) in [7, 11) is 0. The van der Waals surface area contributed by atoms with Gasteiger partial charge in [0.15, 0.2) is 0 Å². The first-order valence-corrected chi connectivity index (χ1v) is 8.61. The Labute approximate surface area is 148 Å². The monoisotopic (exact) mass is 382 g/mol. The molecule has 0 saturated heterocycles. The molecule has 1 amide bonds. The van der Waals surface area contributed by atoms with Crippen LogP contribution >= 0.6 is 15.9 Å². The normalized spacial score (nSPS) is 19.0. The van der Waals surface area contributed by atoms with Crippen molar-refractivity contribution in [2.45, 2.75) is 18.9 Å². The molecular weight excluding hydrogens is 368 g/mol. The fourth-order valence-corrected chi connectivity index (χ4v) is 3.32. The molecule has 0 spiro atoms. The van der Waals surface area contributed by atoms with Crippen molar-refractivity contribution in [1.82, 2.24) is 10.4 Å². The van der Waals surface area contributed by atoms with E-state index < -0.39 is 0 Å². The summed E-state index contributed by atoms with van der Waals surface area (Å²) in [6, 6.07) is 9.56. The van der Waals surface area contributed by atoms with Gasteiger partial charge in [0.05, 0.1) is 17.3 Å². The lowest BCUT2D eigenvalue weighted by Gasteiger charge is -2.26. The van der Waals surface area contributed by atoms with E-state index in [0.717, 1.165) is 35.3 Å². The average Bonchev–Trinajstić information content (AvgIpc) is 3.38. The van der Waals surface area contributed by atoms with Gasteiger partial charge in [-0.3, -0.25) is 9.80 Å². The van der Waals surface area contributed by atoms with Crippen molar-refractivity contribution in [3.63, 3.8) is 0 Å². The van der Waals surface area contributed by atoms with E-state index in [1.807, 2.05) is 40.4 Å². The standard InChI is InChI=1S/C18H15BrN4O/c19-16-11-21-22-8-7-13(9-17(16)22)18(24)23(15-5-6-15)14-3-1-12(10-20)2-4-14/h1-4,7-9,15,21H,5-6,11H2. The van der Waals surface area contributed by atoms with Gasteiger partial charge in [0.25, 0.3) is 5.91 Å². The van der Waals surface area contributed by atoms with E-state index >= 15 is 0 Å². The quantitative estimate of drug-likeness (QED) is 0.872. The van der Waals surface area contributed by atoms with Gasteiger partial charge in [-0.1, -0.05) is 15.9 Å². The highest BCUT2D eigenvalue weighted by Crippen LogP contribution is 2.34. The van der Waals surface area contributed by atoms with Crippen LogP contribution in [0, 0.1) is 11.3 Å². The molecule has 24 heavy (non-hydrogen) atoms. The molecule has 5 nitrogen and oxygen atoms in total. The highest BCUT2D eigenvalue weighted by atomic mass is 79.9. The van der Waals surface area contributed by atoms with Gasteiger partial charge in [-0.2, -0.15) is 5.26 Å². The summed E-state index contributed by atoms with van der Waals surface area (Å²) >= 11 is 3.54. The smallest absolute Gasteiger partial charge is 0.258 e. The van der Waals surface area contributed by atoms with Gasteiger partial charge in [0.2, 0.25) is 0 Å². The number of hydrogen-bond acceptors (Lipinski definition) is 4. The minimum atomic E-state index is -0.00203. The molecular formula is C18H15BrN4O. The van der Waals surface area contributed by atoms with Crippen molar-refractivity contribution >= 4 is 27.5 Å². The molecule has 0 aromatic heterocycles. The van der Waals surface area contributed by atoms with Crippen LogP contribution in [0.5, 0.6) is 0 Å². The van der Waals surface area contributed by atoms with Gasteiger partial charge in [0, 0.05) is 34.5 Å². The molecule has 0 atom stereocenters. The number of halogens is 1. The predicted molar refractivity (Wildman–Crippen MR) is 94.7 cm³/mol. The number of anilines is 1. The number of hydrazine groups is 1. The van der Waals surface area contributed by atoms with Crippen molar-refractivity contribution in [2.24, 2.45) is 0 Å². The first-order valence-electron chi connectivity index (χ1n) is 7.82. The topological polar surface area (TPSA) is 59.4 Å². The number of allylic oxidation sites excluding steroid dienone is 1. The van der Waals surface area contributed by atoms with Crippen LogP contribution in [0.1, 0.15) is 18.4 Å². The number of benzene rings is 1. The molecule has 2 heterocycles. The Morgan fingerprint density at radius 3 is 2.75 bits per heavy atom. The van der Waals surface area contributed by atoms with Crippen molar-refractivity contribution in [1.29, 1.82) is 5.26 Å². The van der Waals surface area contributed by atoms with Gasteiger partial charge in [-0.15, -0.1) is 0 Å². The number of fused-ring (bicyclic) bond motifs is 1. The van der Waals surface area contributed by atoms with Crippen LogP contribution in [0.4, 0.5) is 5.69 Å². The fourth-order valence-electron chi connectivity index (χ4n) is 2.89. The highest BCUT2D eigenvalue weighted by Gasteiger charge is 2.35. The largest absolute Gasteiger partial charge is 0.305 e. The highest BCUT2D eigenvalue weighted by molar-refractivity contribution is 9.11. The number of carbonyl (C=O) groups is 1. The third kappa shape index (κ3) is 2.66. The number of rotatable bonds is 3. The first-order chi connectivity index (χ1) is 11.7. The Morgan fingerprint density at radius 1 is 1.33 bits per heavy atom. The molecule has 1 saturated carbocycles. The molecule has 4 rings (SSSR count). The van der Waals surface area contributed by atoms with Gasteiger partial charge >= 0.3 is 0 Å². The fraction of sp³-hybridized carbons (Fsp3) is 0.222. The van der Waals surface area contributed by atoms with Gasteiger partial charge in [-0.25, -0.2) is 5.43 Å². The maximum absolute atomic E-state index is 13.1. The molecule has 1 fully saturated rings. The maximum Gasteiger partial charge on any atom is 0.258 e. The second-order valence-corrected chi connectivity index (χ2v) is 6.93. The SMILES string of the molecule is N#Cc1ccc(N(C(=O)C2=CC3=C(Br)CNN3C=C2)C2CC2)cc1. The minimum absolute atomic E-state index is 0.00203. The first kappa shape index (κ1) is 15.2. The van der Waals surface area contributed by atoms with Gasteiger partial charge in [0.1, 0.15) is 0 Å².